The van der Waals surface area contributed by atoms with Crippen molar-refractivity contribution in [2.75, 3.05) is 47.1 Å². The first-order chi connectivity index (χ1) is 13.6. The molecule has 1 fully saturated rings. The van der Waals surface area contributed by atoms with E-state index in [1.807, 2.05) is 12.1 Å². The van der Waals surface area contributed by atoms with Gasteiger partial charge in [0.05, 0.1) is 27.4 Å². The van der Waals surface area contributed by atoms with Crippen LogP contribution in [-0.2, 0) is 11.3 Å². The molecule has 2 aromatic carbocycles. The van der Waals surface area contributed by atoms with Crippen LogP contribution in [0.25, 0.3) is 0 Å². The average Bonchev–Trinajstić information content (AvgIpc) is 2.72. The fourth-order valence-electron chi connectivity index (χ4n) is 3.99. The molecule has 1 atom stereocenters. The third-order valence-corrected chi connectivity index (χ3v) is 5.38. The molecule has 152 valence electrons. The molecule has 1 N–H and O–H groups in total. The quantitative estimate of drug-likeness (QED) is 0.755. The van der Waals surface area contributed by atoms with Gasteiger partial charge in [-0.2, -0.15) is 0 Å². The summed E-state index contributed by atoms with van der Waals surface area (Å²) in [6.07, 6.45) is 0. The van der Waals surface area contributed by atoms with Crippen LogP contribution in [-0.4, -0.2) is 52.0 Å². The van der Waals surface area contributed by atoms with Crippen molar-refractivity contribution in [3.05, 3.63) is 58.7 Å². The number of nitrogens with one attached hydrogen (secondary N) is 1. The van der Waals surface area contributed by atoms with Crippen molar-refractivity contribution in [2.24, 2.45) is 0 Å². The van der Waals surface area contributed by atoms with Crippen molar-refractivity contribution in [3.8, 4) is 11.5 Å². The molecule has 5 nitrogen and oxygen atoms in total. The van der Waals surface area contributed by atoms with Crippen molar-refractivity contribution in [1.29, 1.82) is 0 Å². The van der Waals surface area contributed by atoms with Gasteiger partial charge in [0, 0.05) is 32.2 Å². The fraction of sp³-hybridized carbons (Fsp3) is 0.478. The average molecular weight is 385 g/mol. The maximum Gasteiger partial charge on any atom is 0.124 e. The van der Waals surface area contributed by atoms with E-state index in [1.54, 1.807) is 14.2 Å². The number of hydrogen-bond donors (Lipinski definition) is 1. The topological polar surface area (TPSA) is 43.0 Å². The zero-order valence-corrected chi connectivity index (χ0v) is 17.5. The third-order valence-electron chi connectivity index (χ3n) is 5.38. The number of ether oxygens (including phenoxy) is 3. The molecule has 1 heterocycles. The van der Waals surface area contributed by atoms with E-state index >= 15 is 0 Å². The second-order valence-corrected chi connectivity index (χ2v) is 7.33. The van der Waals surface area contributed by atoms with Crippen molar-refractivity contribution >= 4 is 0 Å². The number of aryl methyl sites for hydroxylation is 2. The molecule has 0 aliphatic carbocycles. The lowest BCUT2D eigenvalue weighted by molar-refractivity contribution is 0.0161. The van der Waals surface area contributed by atoms with E-state index in [1.165, 1.54) is 22.3 Å². The van der Waals surface area contributed by atoms with E-state index in [9.17, 15) is 0 Å². The summed E-state index contributed by atoms with van der Waals surface area (Å²) in [4.78, 5) is 2.50. The molecule has 1 aliphatic rings. The molecule has 0 aromatic heterocycles. The highest BCUT2D eigenvalue weighted by atomic mass is 16.5. The van der Waals surface area contributed by atoms with E-state index in [0.29, 0.717) is 6.04 Å². The normalized spacial score (nSPS) is 16.0. The summed E-state index contributed by atoms with van der Waals surface area (Å²) in [5.74, 6) is 1.87. The number of hydrogen-bond acceptors (Lipinski definition) is 5. The summed E-state index contributed by atoms with van der Waals surface area (Å²) in [7, 11) is 3.43. The largest absolute Gasteiger partial charge is 0.497 e. The van der Waals surface area contributed by atoms with E-state index in [-0.39, 0.29) is 0 Å². The Labute approximate surface area is 168 Å². The van der Waals surface area contributed by atoms with Gasteiger partial charge in [0.15, 0.2) is 0 Å². The Morgan fingerprint density at radius 3 is 2.21 bits per heavy atom. The summed E-state index contributed by atoms with van der Waals surface area (Å²) in [6, 6.07) is 13.1. The Bertz CT molecular complexity index is 732. The summed E-state index contributed by atoms with van der Waals surface area (Å²) < 4.78 is 16.3. The van der Waals surface area contributed by atoms with Gasteiger partial charge >= 0.3 is 0 Å². The van der Waals surface area contributed by atoms with E-state index in [4.69, 9.17) is 14.2 Å². The molecule has 3 rings (SSSR count). The van der Waals surface area contributed by atoms with Gasteiger partial charge in [0.2, 0.25) is 0 Å². The van der Waals surface area contributed by atoms with Crippen LogP contribution in [0.2, 0.25) is 0 Å². The van der Waals surface area contributed by atoms with E-state index in [0.717, 1.165) is 50.9 Å². The molecule has 0 radical (unpaired) electrons. The molecule has 0 bridgehead atoms. The van der Waals surface area contributed by atoms with Gasteiger partial charge in [-0.3, -0.25) is 4.90 Å². The predicted molar refractivity (Wildman–Crippen MR) is 112 cm³/mol. The molecular weight excluding hydrogens is 352 g/mol. The Balaban J connectivity index is 1.69. The van der Waals surface area contributed by atoms with Gasteiger partial charge in [-0.1, -0.05) is 24.3 Å². The van der Waals surface area contributed by atoms with Crippen LogP contribution >= 0.6 is 0 Å². The Morgan fingerprint density at radius 1 is 1.00 bits per heavy atom. The highest BCUT2D eigenvalue weighted by molar-refractivity contribution is 5.43. The Hall–Kier alpha value is -2.08. The first-order valence-corrected chi connectivity index (χ1v) is 9.93. The molecule has 5 heteroatoms. The Morgan fingerprint density at radius 2 is 1.64 bits per heavy atom. The Kier molecular flexibility index (Phi) is 7.31. The second-order valence-electron chi connectivity index (χ2n) is 7.33. The van der Waals surface area contributed by atoms with Gasteiger partial charge in [0.25, 0.3) is 0 Å². The maximum absolute atomic E-state index is 5.55. The van der Waals surface area contributed by atoms with E-state index in [2.05, 4.69) is 48.3 Å². The summed E-state index contributed by atoms with van der Waals surface area (Å²) in [5.41, 5.74) is 4.95. The zero-order chi connectivity index (χ0) is 19.9. The first kappa shape index (κ1) is 20.6. The van der Waals surface area contributed by atoms with Crippen molar-refractivity contribution < 1.29 is 14.2 Å². The molecule has 28 heavy (non-hydrogen) atoms. The number of nitrogens with zero attached hydrogens (tertiary/aromatic N) is 1. The van der Waals surface area contributed by atoms with Crippen LogP contribution in [0.5, 0.6) is 11.5 Å². The van der Waals surface area contributed by atoms with E-state index < -0.39 is 0 Å². The van der Waals surface area contributed by atoms with Crippen molar-refractivity contribution in [1.82, 2.24) is 10.2 Å². The highest BCUT2D eigenvalue weighted by Crippen LogP contribution is 2.26. The monoisotopic (exact) mass is 384 g/mol. The SMILES string of the molecule is COc1ccc(C(CNCc2cc(C)c(OC)c(C)c2)N2CCOCC2)cc1. The van der Waals surface area contributed by atoms with Crippen LogP contribution in [0.3, 0.4) is 0 Å². The molecule has 1 unspecified atom stereocenters. The second kappa shape index (κ2) is 9.92. The van der Waals surface area contributed by atoms with Crippen LogP contribution in [0.4, 0.5) is 0 Å². The molecule has 0 spiro atoms. The number of morpholine rings is 1. The van der Waals surface area contributed by atoms with Crippen LogP contribution in [0, 0.1) is 13.8 Å². The van der Waals surface area contributed by atoms with Gasteiger partial charge in [-0.05, 0) is 48.2 Å². The minimum Gasteiger partial charge on any atom is -0.497 e. The number of rotatable bonds is 8. The number of methoxy groups -OCH3 is 2. The summed E-state index contributed by atoms with van der Waals surface area (Å²) in [5, 5.41) is 3.66. The van der Waals surface area contributed by atoms with Crippen LogP contribution in [0.15, 0.2) is 36.4 Å². The molecule has 2 aromatic rings. The highest BCUT2D eigenvalue weighted by Gasteiger charge is 2.22. The predicted octanol–water partition coefficient (Wildman–Crippen LogP) is 3.48. The van der Waals surface area contributed by atoms with Crippen LogP contribution < -0.4 is 14.8 Å². The molecular formula is C23H32N2O3. The summed E-state index contributed by atoms with van der Waals surface area (Å²) >= 11 is 0. The smallest absolute Gasteiger partial charge is 0.124 e. The zero-order valence-electron chi connectivity index (χ0n) is 17.5. The van der Waals surface area contributed by atoms with Crippen LogP contribution in [0.1, 0.15) is 28.3 Å². The van der Waals surface area contributed by atoms with Crippen molar-refractivity contribution in [3.63, 3.8) is 0 Å². The molecule has 1 saturated heterocycles. The maximum atomic E-state index is 5.55. The lowest BCUT2D eigenvalue weighted by atomic mass is 10.0. The van der Waals surface area contributed by atoms with Gasteiger partial charge < -0.3 is 19.5 Å². The summed E-state index contributed by atoms with van der Waals surface area (Å²) in [6.45, 7) is 9.43. The third kappa shape index (κ3) is 5.04. The minimum atomic E-state index is 0.315. The standard InChI is InChI=1S/C23H32N2O3/c1-17-13-19(14-18(2)23(17)27-4)15-24-16-22(25-9-11-28-12-10-25)20-5-7-21(26-3)8-6-20/h5-8,13-14,22,24H,9-12,15-16H2,1-4H3. The lowest BCUT2D eigenvalue weighted by Crippen LogP contribution is -2.42. The lowest BCUT2D eigenvalue weighted by Gasteiger charge is -2.35. The van der Waals surface area contributed by atoms with Gasteiger partial charge in [-0.25, -0.2) is 0 Å². The first-order valence-electron chi connectivity index (χ1n) is 9.93. The minimum absolute atomic E-state index is 0.315. The molecule has 1 aliphatic heterocycles. The van der Waals surface area contributed by atoms with Gasteiger partial charge in [0.1, 0.15) is 11.5 Å². The van der Waals surface area contributed by atoms with Gasteiger partial charge in [-0.15, -0.1) is 0 Å². The number of benzene rings is 2. The molecule has 0 saturated carbocycles. The van der Waals surface area contributed by atoms with Crippen molar-refractivity contribution in [2.45, 2.75) is 26.4 Å². The fourth-order valence-corrected chi connectivity index (χ4v) is 3.99. The molecule has 0 amide bonds.